The first-order chi connectivity index (χ1) is 8.61. The monoisotopic (exact) mass is 264 g/mol. The molecule has 6 heteroatoms. The molecule has 0 fully saturated rings. The Morgan fingerprint density at radius 1 is 1.50 bits per heavy atom. The smallest absolute Gasteiger partial charge is 0.293 e. The maximum atomic E-state index is 12.0. The number of hydrogen-bond acceptors (Lipinski definition) is 5. The Morgan fingerprint density at radius 3 is 2.89 bits per heavy atom. The SMILES string of the molecule is CCn1ccnc(NC(C)c2ncc(C)s2)c1=O. The molecular weight excluding hydrogens is 248 g/mol. The summed E-state index contributed by atoms with van der Waals surface area (Å²) in [6, 6.07) is -0.0170. The fourth-order valence-electron chi connectivity index (χ4n) is 1.63. The maximum Gasteiger partial charge on any atom is 0.293 e. The normalized spacial score (nSPS) is 12.4. The fourth-order valence-corrected chi connectivity index (χ4v) is 2.41. The van der Waals surface area contributed by atoms with Crippen LogP contribution in [0.5, 0.6) is 0 Å². The second kappa shape index (κ2) is 5.30. The standard InChI is InChI=1S/C12H16N4OS/c1-4-16-6-5-13-10(12(16)17)15-9(3)11-14-7-8(2)18-11/h5-7,9H,4H2,1-3H3,(H,13,15). The van der Waals surface area contributed by atoms with E-state index in [2.05, 4.69) is 15.3 Å². The van der Waals surface area contributed by atoms with Crippen molar-refractivity contribution in [3.63, 3.8) is 0 Å². The molecule has 0 aliphatic heterocycles. The third-order valence-corrected chi connectivity index (χ3v) is 3.71. The summed E-state index contributed by atoms with van der Waals surface area (Å²) in [4.78, 5) is 21.5. The van der Waals surface area contributed by atoms with Crippen molar-refractivity contribution in [2.45, 2.75) is 33.4 Å². The van der Waals surface area contributed by atoms with Crippen molar-refractivity contribution in [1.82, 2.24) is 14.5 Å². The molecule has 0 saturated heterocycles. The number of aromatic nitrogens is 3. The molecule has 2 rings (SSSR count). The van der Waals surface area contributed by atoms with Crippen LogP contribution in [0.3, 0.4) is 0 Å². The zero-order chi connectivity index (χ0) is 13.1. The summed E-state index contributed by atoms with van der Waals surface area (Å²) < 4.78 is 1.62. The van der Waals surface area contributed by atoms with E-state index in [0.717, 1.165) is 9.88 Å². The first-order valence-electron chi connectivity index (χ1n) is 5.86. The number of aryl methyl sites for hydroxylation is 2. The van der Waals surface area contributed by atoms with Crippen LogP contribution in [0.2, 0.25) is 0 Å². The highest BCUT2D eigenvalue weighted by molar-refractivity contribution is 7.11. The van der Waals surface area contributed by atoms with Gasteiger partial charge < -0.3 is 9.88 Å². The van der Waals surface area contributed by atoms with E-state index in [1.165, 1.54) is 0 Å². The molecule has 18 heavy (non-hydrogen) atoms. The predicted octanol–water partition coefficient (Wildman–Crippen LogP) is 2.20. The molecule has 2 aromatic heterocycles. The van der Waals surface area contributed by atoms with Crippen LogP contribution in [-0.2, 0) is 6.54 Å². The average Bonchev–Trinajstić information content (AvgIpc) is 2.78. The Morgan fingerprint density at radius 2 is 2.28 bits per heavy atom. The lowest BCUT2D eigenvalue weighted by atomic mass is 10.3. The van der Waals surface area contributed by atoms with Gasteiger partial charge >= 0.3 is 0 Å². The van der Waals surface area contributed by atoms with E-state index in [1.807, 2.05) is 27.0 Å². The highest BCUT2D eigenvalue weighted by Crippen LogP contribution is 2.21. The Balaban J connectivity index is 2.22. The summed E-state index contributed by atoms with van der Waals surface area (Å²) in [5, 5.41) is 4.08. The number of rotatable bonds is 4. The Labute approximate surface area is 110 Å². The molecule has 0 aliphatic carbocycles. The van der Waals surface area contributed by atoms with Crippen molar-refractivity contribution in [1.29, 1.82) is 0 Å². The van der Waals surface area contributed by atoms with E-state index in [-0.39, 0.29) is 11.6 Å². The predicted molar refractivity (Wildman–Crippen MR) is 73.1 cm³/mol. The van der Waals surface area contributed by atoms with Crippen LogP contribution in [0.15, 0.2) is 23.4 Å². The molecule has 1 atom stereocenters. The number of hydrogen-bond donors (Lipinski definition) is 1. The molecule has 1 N–H and O–H groups in total. The summed E-state index contributed by atoms with van der Waals surface area (Å²) in [6.45, 7) is 6.56. The molecule has 0 radical (unpaired) electrons. The van der Waals surface area contributed by atoms with Crippen molar-refractivity contribution in [3.8, 4) is 0 Å². The van der Waals surface area contributed by atoms with Crippen LogP contribution in [0.4, 0.5) is 5.82 Å². The number of anilines is 1. The van der Waals surface area contributed by atoms with Gasteiger partial charge in [0.05, 0.1) is 6.04 Å². The highest BCUT2D eigenvalue weighted by atomic mass is 32.1. The van der Waals surface area contributed by atoms with Gasteiger partial charge in [-0.1, -0.05) is 0 Å². The second-order valence-electron chi connectivity index (χ2n) is 4.04. The van der Waals surface area contributed by atoms with Crippen molar-refractivity contribution in [3.05, 3.63) is 38.8 Å². The van der Waals surface area contributed by atoms with Gasteiger partial charge in [-0.3, -0.25) is 4.79 Å². The van der Waals surface area contributed by atoms with Crippen molar-refractivity contribution < 1.29 is 0 Å². The Kier molecular flexibility index (Phi) is 3.76. The quantitative estimate of drug-likeness (QED) is 0.919. The molecule has 1 unspecified atom stereocenters. The largest absolute Gasteiger partial charge is 0.357 e. The van der Waals surface area contributed by atoms with E-state index in [1.54, 1.807) is 28.3 Å². The van der Waals surface area contributed by atoms with E-state index < -0.39 is 0 Å². The van der Waals surface area contributed by atoms with Gasteiger partial charge in [0.15, 0.2) is 5.82 Å². The summed E-state index contributed by atoms with van der Waals surface area (Å²) in [7, 11) is 0. The molecule has 0 aromatic carbocycles. The molecule has 0 aliphatic rings. The summed E-state index contributed by atoms with van der Waals surface area (Å²) >= 11 is 1.62. The first kappa shape index (κ1) is 12.8. The lowest BCUT2D eigenvalue weighted by Crippen LogP contribution is -2.24. The minimum Gasteiger partial charge on any atom is -0.357 e. The molecule has 0 spiro atoms. The highest BCUT2D eigenvalue weighted by Gasteiger charge is 2.12. The van der Waals surface area contributed by atoms with Gasteiger partial charge in [0, 0.05) is 30.0 Å². The third-order valence-electron chi connectivity index (χ3n) is 2.62. The third kappa shape index (κ3) is 2.59. The van der Waals surface area contributed by atoms with Gasteiger partial charge in [-0.05, 0) is 20.8 Å². The Hall–Kier alpha value is -1.69. The van der Waals surface area contributed by atoms with Crippen LogP contribution in [0.25, 0.3) is 0 Å². The summed E-state index contributed by atoms with van der Waals surface area (Å²) in [5.41, 5.74) is -0.0971. The van der Waals surface area contributed by atoms with Gasteiger partial charge in [0.1, 0.15) is 5.01 Å². The second-order valence-corrected chi connectivity index (χ2v) is 5.31. The van der Waals surface area contributed by atoms with Crippen LogP contribution in [0, 0.1) is 6.92 Å². The molecule has 2 heterocycles. The number of nitrogens with zero attached hydrogens (tertiary/aromatic N) is 3. The van der Waals surface area contributed by atoms with Gasteiger partial charge in [-0.25, -0.2) is 9.97 Å². The molecule has 5 nitrogen and oxygen atoms in total. The van der Waals surface area contributed by atoms with Crippen LogP contribution in [0.1, 0.15) is 29.8 Å². The van der Waals surface area contributed by atoms with Gasteiger partial charge in [0.25, 0.3) is 5.56 Å². The minimum atomic E-state index is -0.0971. The Bertz CT molecular complexity index is 590. The fraction of sp³-hybridized carbons (Fsp3) is 0.417. The van der Waals surface area contributed by atoms with Crippen molar-refractivity contribution >= 4 is 17.2 Å². The number of nitrogens with one attached hydrogen (secondary N) is 1. The van der Waals surface area contributed by atoms with Crippen molar-refractivity contribution in [2.24, 2.45) is 0 Å². The molecule has 2 aromatic rings. The lowest BCUT2D eigenvalue weighted by Gasteiger charge is -2.12. The zero-order valence-electron chi connectivity index (χ0n) is 10.7. The molecule has 0 bridgehead atoms. The lowest BCUT2D eigenvalue weighted by molar-refractivity contribution is 0.714. The zero-order valence-corrected chi connectivity index (χ0v) is 11.5. The molecule has 96 valence electrons. The van der Waals surface area contributed by atoms with Gasteiger partial charge in [-0.2, -0.15) is 0 Å². The number of thiazole rings is 1. The van der Waals surface area contributed by atoms with Crippen molar-refractivity contribution in [2.75, 3.05) is 5.32 Å². The molecular formula is C12H16N4OS. The van der Waals surface area contributed by atoms with E-state index in [0.29, 0.717) is 12.4 Å². The average molecular weight is 264 g/mol. The molecule has 0 saturated carbocycles. The van der Waals surface area contributed by atoms with Gasteiger partial charge in [0.2, 0.25) is 0 Å². The van der Waals surface area contributed by atoms with E-state index in [9.17, 15) is 4.79 Å². The maximum absolute atomic E-state index is 12.0. The topological polar surface area (TPSA) is 59.8 Å². The summed E-state index contributed by atoms with van der Waals surface area (Å²) in [6.07, 6.45) is 5.15. The first-order valence-corrected chi connectivity index (χ1v) is 6.67. The molecule has 0 amide bonds. The van der Waals surface area contributed by atoms with Crippen LogP contribution >= 0.6 is 11.3 Å². The summed E-state index contributed by atoms with van der Waals surface area (Å²) in [5.74, 6) is 0.375. The van der Waals surface area contributed by atoms with E-state index in [4.69, 9.17) is 0 Å². The van der Waals surface area contributed by atoms with Gasteiger partial charge in [-0.15, -0.1) is 11.3 Å². The van der Waals surface area contributed by atoms with E-state index >= 15 is 0 Å². The van der Waals surface area contributed by atoms with Crippen LogP contribution in [-0.4, -0.2) is 14.5 Å². The minimum absolute atomic E-state index is 0.0170. The van der Waals surface area contributed by atoms with Crippen LogP contribution < -0.4 is 10.9 Å².